The average molecular weight is 344 g/mol. The van der Waals surface area contributed by atoms with E-state index < -0.39 is 17.6 Å². The first kappa shape index (κ1) is 16.8. The number of carbonyl (C=O) groups excluding carboxylic acids is 1. The largest absolute Gasteiger partial charge is 0.417 e. The number of rotatable bonds is 3. The number of carbonyl (C=O) groups is 1. The minimum absolute atomic E-state index is 0.00601. The molecule has 0 aliphatic rings. The normalized spacial score (nSPS) is 11.1. The molecule has 0 aliphatic heterocycles. The molecular formula is C13H9ClF3N5O. The maximum absolute atomic E-state index is 12.6. The molecule has 0 bridgehead atoms. The highest BCUT2D eigenvalue weighted by Crippen LogP contribution is 2.32. The van der Waals surface area contributed by atoms with E-state index >= 15 is 0 Å². The molecule has 2 heterocycles. The molecule has 0 unspecified atom stereocenters. The molecule has 2 aromatic rings. The Hall–Kier alpha value is -2.60. The Bertz CT molecular complexity index is 794. The second kappa shape index (κ2) is 6.26. The van der Waals surface area contributed by atoms with Gasteiger partial charge in [-0.1, -0.05) is 18.5 Å². The zero-order valence-electron chi connectivity index (χ0n) is 11.6. The van der Waals surface area contributed by atoms with Crippen LogP contribution in [0.4, 0.5) is 19.0 Å². The summed E-state index contributed by atoms with van der Waals surface area (Å²) in [7, 11) is 0. The fourth-order valence-corrected chi connectivity index (χ4v) is 1.92. The van der Waals surface area contributed by atoms with E-state index in [2.05, 4.69) is 15.4 Å². The molecule has 2 rings (SSSR count). The summed E-state index contributed by atoms with van der Waals surface area (Å²) >= 11 is 5.85. The highest BCUT2D eigenvalue weighted by Gasteiger charge is 2.32. The Morgan fingerprint density at radius 2 is 2.17 bits per heavy atom. The van der Waals surface area contributed by atoms with Gasteiger partial charge in [-0.05, 0) is 6.07 Å². The number of anilines is 1. The Morgan fingerprint density at radius 1 is 1.48 bits per heavy atom. The standard InChI is InChI=1S/C13H9ClF3N5O/c1-2-10(23)21-11-7(4-18)5-20-22(11)12-9(14)3-8(6-19-12)13(15,16)17/h3,5-6H,2H2,1H3,(H,21,23). The smallest absolute Gasteiger partial charge is 0.309 e. The fraction of sp³-hybridized carbons (Fsp3) is 0.231. The quantitative estimate of drug-likeness (QED) is 0.927. The summed E-state index contributed by atoms with van der Waals surface area (Å²) in [6.45, 7) is 1.60. The summed E-state index contributed by atoms with van der Waals surface area (Å²) in [5.74, 6) is -0.535. The van der Waals surface area contributed by atoms with E-state index in [0.717, 1.165) is 10.9 Å². The van der Waals surface area contributed by atoms with Crippen LogP contribution in [0.3, 0.4) is 0 Å². The Balaban J connectivity index is 2.53. The lowest BCUT2D eigenvalue weighted by molar-refractivity contribution is -0.137. The number of alkyl halides is 3. The van der Waals surface area contributed by atoms with Crippen molar-refractivity contribution in [2.45, 2.75) is 19.5 Å². The molecule has 1 amide bonds. The van der Waals surface area contributed by atoms with Crippen LogP contribution >= 0.6 is 11.6 Å². The minimum Gasteiger partial charge on any atom is -0.309 e. The number of amides is 1. The third-order valence-corrected chi connectivity index (χ3v) is 3.10. The summed E-state index contributed by atoms with van der Waals surface area (Å²) in [6.07, 6.45) is -2.69. The molecular weight excluding hydrogens is 335 g/mol. The predicted molar refractivity (Wildman–Crippen MR) is 75.0 cm³/mol. The SMILES string of the molecule is CCC(=O)Nc1c(C#N)cnn1-c1ncc(C(F)(F)F)cc1Cl. The van der Waals surface area contributed by atoms with Crippen molar-refractivity contribution >= 4 is 23.3 Å². The number of halogens is 4. The first-order valence-electron chi connectivity index (χ1n) is 6.29. The lowest BCUT2D eigenvalue weighted by Crippen LogP contribution is -2.15. The van der Waals surface area contributed by atoms with Crippen molar-refractivity contribution in [3.8, 4) is 11.9 Å². The molecule has 10 heteroatoms. The van der Waals surface area contributed by atoms with Gasteiger partial charge in [-0.3, -0.25) is 4.79 Å². The molecule has 23 heavy (non-hydrogen) atoms. The average Bonchev–Trinajstić information content (AvgIpc) is 2.88. The minimum atomic E-state index is -4.59. The lowest BCUT2D eigenvalue weighted by Gasteiger charge is -2.11. The van der Waals surface area contributed by atoms with Crippen molar-refractivity contribution in [3.05, 3.63) is 34.6 Å². The van der Waals surface area contributed by atoms with Crippen LogP contribution in [0, 0.1) is 11.3 Å². The summed E-state index contributed by atoms with van der Waals surface area (Å²) < 4.78 is 38.9. The van der Waals surface area contributed by atoms with Gasteiger partial charge < -0.3 is 5.32 Å². The van der Waals surface area contributed by atoms with Crippen molar-refractivity contribution in [2.75, 3.05) is 5.32 Å². The number of aromatic nitrogens is 3. The molecule has 6 nitrogen and oxygen atoms in total. The predicted octanol–water partition coefficient (Wildman–Crippen LogP) is 3.16. The van der Waals surface area contributed by atoms with Crippen LogP contribution in [-0.2, 0) is 11.0 Å². The molecule has 0 spiro atoms. The van der Waals surface area contributed by atoms with E-state index in [-0.39, 0.29) is 28.6 Å². The van der Waals surface area contributed by atoms with E-state index in [9.17, 15) is 18.0 Å². The van der Waals surface area contributed by atoms with Crippen LogP contribution in [0.5, 0.6) is 0 Å². The molecule has 1 N–H and O–H groups in total. The third-order valence-electron chi connectivity index (χ3n) is 2.82. The van der Waals surface area contributed by atoms with Crippen LogP contribution in [0.25, 0.3) is 5.82 Å². The number of hydrogen-bond acceptors (Lipinski definition) is 4. The summed E-state index contributed by atoms with van der Waals surface area (Å²) in [4.78, 5) is 15.2. The van der Waals surface area contributed by atoms with Crippen molar-refractivity contribution in [3.63, 3.8) is 0 Å². The third kappa shape index (κ3) is 3.43. The number of nitrogens with zero attached hydrogens (tertiary/aromatic N) is 4. The van der Waals surface area contributed by atoms with Crippen molar-refractivity contribution in [1.82, 2.24) is 14.8 Å². The second-order valence-electron chi connectivity index (χ2n) is 4.36. The topological polar surface area (TPSA) is 83.6 Å². The van der Waals surface area contributed by atoms with Crippen LogP contribution in [0.1, 0.15) is 24.5 Å². The van der Waals surface area contributed by atoms with Gasteiger partial charge in [-0.15, -0.1) is 0 Å². The molecule has 0 saturated heterocycles. The molecule has 0 aromatic carbocycles. The molecule has 0 saturated carbocycles. The van der Waals surface area contributed by atoms with Gasteiger partial charge in [0.25, 0.3) is 0 Å². The van der Waals surface area contributed by atoms with E-state index in [0.29, 0.717) is 12.3 Å². The second-order valence-corrected chi connectivity index (χ2v) is 4.77. The maximum Gasteiger partial charge on any atom is 0.417 e. The molecule has 0 radical (unpaired) electrons. The fourth-order valence-electron chi connectivity index (χ4n) is 1.67. The van der Waals surface area contributed by atoms with Crippen LogP contribution in [0.2, 0.25) is 5.02 Å². The van der Waals surface area contributed by atoms with E-state index in [4.69, 9.17) is 16.9 Å². The van der Waals surface area contributed by atoms with Crippen LogP contribution in [0.15, 0.2) is 18.5 Å². The molecule has 2 aromatic heterocycles. The van der Waals surface area contributed by atoms with Crippen molar-refractivity contribution in [1.29, 1.82) is 5.26 Å². The van der Waals surface area contributed by atoms with E-state index in [1.54, 1.807) is 6.92 Å². The number of nitriles is 1. The Morgan fingerprint density at radius 3 is 2.70 bits per heavy atom. The molecule has 0 aliphatic carbocycles. The first-order valence-corrected chi connectivity index (χ1v) is 6.66. The molecule has 0 atom stereocenters. The van der Waals surface area contributed by atoms with E-state index in [1.807, 2.05) is 6.07 Å². The van der Waals surface area contributed by atoms with Gasteiger partial charge in [-0.25, -0.2) is 4.98 Å². The zero-order valence-corrected chi connectivity index (χ0v) is 12.4. The van der Waals surface area contributed by atoms with Crippen molar-refractivity contribution < 1.29 is 18.0 Å². The summed E-state index contributed by atoms with van der Waals surface area (Å²) in [5, 5.41) is 15.0. The number of pyridine rings is 1. The molecule has 120 valence electrons. The van der Waals surface area contributed by atoms with Gasteiger partial charge in [0, 0.05) is 12.6 Å². The highest BCUT2D eigenvalue weighted by molar-refractivity contribution is 6.32. The number of hydrogen-bond donors (Lipinski definition) is 1. The monoisotopic (exact) mass is 343 g/mol. The summed E-state index contributed by atoms with van der Waals surface area (Å²) in [5.41, 5.74) is -0.984. The van der Waals surface area contributed by atoms with Crippen LogP contribution in [-0.4, -0.2) is 20.7 Å². The van der Waals surface area contributed by atoms with Gasteiger partial charge >= 0.3 is 6.18 Å². The molecule has 0 fully saturated rings. The van der Waals surface area contributed by atoms with E-state index in [1.165, 1.54) is 0 Å². The highest BCUT2D eigenvalue weighted by atomic mass is 35.5. The van der Waals surface area contributed by atoms with Gasteiger partial charge in [0.05, 0.1) is 16.8 Å². The van der Waals surface area contributed by atoms with Gasteiger partial charge in [0.15, 0.2) is 11.6 Å². The summed E-state index contributed by atoms with van der Waals surface area (Å²) in [6, 6.07) is 2.52. The van der Waals surface area contributed by atoms with Crippen molar-refractivity contribution in [2.24, 2.45) is 0 Å². The Kier molecular flexibility index (Phi) is 4.56. The number of nitrogens with one attached hydrogen (secondary N) is 1. The van der Waals surface area contributed by atoms with Gasteiger partial charge in [-0.2, -0.15) is 28.2 Å². The maximum atomic E-state index is 12.6. The lowest BCUT2D eigenvalue weighted by atomic mass is 10.2. The van der Waals surface area contributed by atoms with Crippen LogP contribution < -0.4 is 5.32 Å². The Labute approximate surface area is 133 Å². The van der Waals surface area contributed by atoms with Gasteiger partial charge in [0.1, 0.15) is 11.6 Å². The van der Waals surface area contributed by atoms with Gasteiger partial charge in [0.2, 0.25) is 5.91 Å². The first-order chi connectivity index (χ1) is 10.8. The zero-order chi connectivity index (χ0) is 17.2.